The molecule has 20 heavy (non-hydrogen) atoms. The number of rotatable bonds is 0. The first-order valence-electron chi connectivity index (χ1n) is 9.28. The van der Waals surface area contributed by atoms with Crippen molar-refractivity contribution >= 4 is 0 Å². The minimum Gasteiger partial charge on any atom is -0.328 e. The van der Waals surface area contributed by atoms with E-state index in [1.165, 1.54) is 64.2 Å². The molecule has 4 saturated carbocycles. The minimum atomic E-state index is 0.505. The lowest BCUT2D eigenvalue weighted by Crippen LogP contribution is -2.53. The van der Waals surface area contributed by atoms with Crippen LogP contribution in [-0.4, -0.2) is 6.04 Å². The summed E-state index contributed by atoms with van der Waals surface area (Å²) >= 11 is 0. The predicted octanol–water partition coefficient (Wildman–Crippen LogP) is 4.75. The molecule has 0 aromatic heterocycles. The van der Waals surface area contributed by atoms with Crippen LogP contribution in [0.1, 0.15) is 78.1 Å². The van der Waals surface area contributed by atoms with E-state index in [0.717, 1.165) is 29.1 Å². The maximum Gasteiger partial charge on any atom is 0.00418 e. The van der Waals surface area contributed by atoms with E-state index in [1.807, 2.05) is 0 Å². The molecule has 0 aromatic rings. The van der Waals surface area contributed by atoms with Gasteiger partial charge in [-0.15, -0.1) is 0 Å². The Kier molecular flexibility index (Phi) is 3.05. The third kappa shape index (κ3) is 1.77. The molecule has 0 aliphatic heterocycles. The van der Waals surface area contributed by atoms with Gasteiger partial charge in [0.05, 0.1) is 0 Å². The van der Waals surface area contributed by atoms with Crippen LogP contribution in [0.4, 0.5) is 0 Å². The standard InChI is InChI=1S/C19H33N/c1-18-9-3-4-16(18)15-6-5-13-12-14(20)7-11-19(13,2)17(15)8-10-18/h13-17H,3-12,20H2,1-2H3/t13?,14-,15-,16-,17-,18-,19-/m0/s1. The van der Waals surface area contributed by atoms with Crippen molar-refractivity contribution in [1.82, 2.24) is 0 Å². The minimum absolute atomic E-state index is 0.505. The van der Waals surface area contributed by atoms with Crippen molar-refractivity contribution in [2.45, 2.75) is 84.1 Å². The lowest BCUT2D eigenvalue weighted by molar-refractivity contribution is -0.105. The molecule has 1 unspecified atom stereocenters. The van der Waals surface area contributed by atoms with E-state index >= 15 is 0 Å². The van der Waals surface area contributed by atoms with Crippen LogP contribution >= 0.6 is 0 Å². The van der Waals surface area contributed by atoms with Crippen molar-refractivity contribution in [3.8, 4) is 0 Å². The third-order valence-corrected chi connectivity index (χ3v) is 8.49. The molecular weight excluding hydrogens is 242 g/mol. The fraction of sp³-hybridized carbons (Fsp3) is 1.00. The smallest absolute Gasteiger partial charge is 0.00418 e. The van der Waals surface area contributed by atoms with Crippen LogP contribution in [0, 0.1) is 34.5 Å². The van der Waals surface area contributed by atoms with Gasteiger partial charge in [-0.05, 0) is 92.3 Å². The Hall–Kier alpha value is -0.0400. The van der Waals surface area contributed by atoms with Crippen LogP contribution in [0.2, 0.25) is 0 Å². The second kappa shape index (κ2) is 4.48. The quantitative estimate of drug-likeness (QED) is 0.678. The van der Waals surface area contributed by atoms with Gasteiger partial charge in [0.1, 0.15) is 0 Å². The van der Waals surface area contributed by atoms with Crippen LogP contribution < -0.4 is 5.73 Å². The molecule has 1 heteroatoms. The Balaban J connectivity index is 1.62. The zero-order valence-electron chi connectivity index (χ0n) is 13.5. The van der Waals surface area contributed by atoms with Crippen LogP contribution in [0.25, 0.3) is 0 Å². The number of hydrogen-bond acceptors (Lipinski definition) is 1. The lowest BCUT2D eigenvalue weighted by atomic mass is 9.45. The number of fused-ring (bicyclic) bond motifs is 5. The first-order valence-corrected chi connectivity index (χ1v) is 9.28. The molecule has 0 spiro atoms. The average Bonchev–Trinajstić information content (AvgIpc) is 2.81. The highest BCUT2D eigenvalue weighted by atomic mass is 14.7. The summed E-state index contributed by atoms with van der Waals surface area (Å²) in [6.45, 7) is 5.27. The van der Waals surface area contributed by atoms with Gasteiger partial charge >= 0.3 is 0 Å². The topological polar surface area (TPSA) is 26.0 Å². The second-order valence-corrected chi connectivity index (χ2v) is 9.28. The Morgan fingerprint density at radius 1 is 0.850 bits per heavy atom. The molecule has 2 N–H and O–H groups in total. The van der Waals surface area contributed by atoms with E-state index in [9.17, 15) is 0 Å². The Morgan fingerprint density at radius 3 is 2.55 bits per heavy atom. The Labute approximate surface area is 125 Å². The zero-order valence-corrected chi connectivity index (χ0v) is 13.5. The normalized spacial score (nSPS) is 58.6. The summed E-state index contributed by atoms with van der Waals surface area (Å²) in [5.41, 5.74) is 7.63. The van der Waals surface area contributed by atoms with Crippen molar-refractivity contribution in [2.75, 3.05) is 0 Å². The van der Waals surface area contributed by atoms with Crippen molar-refractivity contribution in [2.24, 2.45) is 40.2 Å². The molecule has 0 bridgehead atoms. The van der Waals surface area contributed by atoms with E-state index in [1.54, 1.807) is 0 Å². The maximum atomic E-state index is 6.28. The van der Waals surface area contributed by atoms with Crippen molar-refractivity contribution < 1.29 is 0 Å². The Bertz CT molecular complexity index is 391. The monoisotopic (exact) mass is 275 g/mol. The summed E-state index contributed by atoms with van der Waals surface area (Å²) in [5, 5.41) is 0. The van der Waals surface area contributed by atoms with Gasteiger partial charge in [0.15, 0.2) is 0 Å². The van der Waals surface area contributed by atoms with Crippen molar-refractivity contribution in [3.63, 3.8) is 0 Å². The summed E-state index contributed by atoms with van der Waals surface area (Å²) in [6.07, 6.45) is 14.7. The van der Waals surface area contributed by atoms with Gasteiger partial charge in [-0.3, -0.25) is 0 Å². The van der Waals surface area contributed by atoms with Crippen LogP contribution in [-0.2, 0) is 0 Å². The van der Waals surface area contributed by atoms with Gasteiger partial charge in [-0.2, -0.15) is 0 Å². The molecule has 0 amide bonds. The van der Waals surface area contributed by atoms with Crippen LogP contribution in [0.3, 0.4) is 0 Å². The number of nitrogens with two attached hydrogens (primary N) is 1. The average molecular weight is 275 g/mol. The van der Waals surface area contributed by atoms with E-state index in [2.05, 4.69) is 13.8 Å². The SMILES string of the molecule is C[C@@]12CCC[C@H]1[C@@H]1CCC3C[C@@H](N)CC[C@]3(C)[C@H]1CC2. The summed E-state index contributed by atoms with van der Waals surface area (Å²) in [6, 6.07) is 0.505. The molecule has 0 aromatic carbocycles. The second-order valence-electron chi connectivity index (χ2n) is 9.28. The summed E-state index contributed by atoms with van der Waals surface area (Å²) in [5.74, 6) is 4.10. The van der Waals surface area contributed by atoms with Gasteiger partial charge in [0.25, 0.3) is 0 Å². The highest BCUT2D eigenvalue weighted by Crippen LogP contribution is 2.66. The molecule has 7 atom stereocenters. The molecular formula is C19H33N. The summed E-state index contributed by atoms with van der Waals surface area (Å²) in [4.78, 5) is 0. The molecule has 4 rings (SSSR count). The van der Waals surface area contributed by atoms with Gasteiger partial charge in [-0.1, -0.05) is 20.3 Å². The summed E-state index contributed by atoms with van der Waals surface area (Å²) in [7, 11) is 0. The van der Waals surface area contributed by atoms with E-state index in [-0.39, 0.29) is 0 Å². The molecule has 1 nitrogen and oxygen atoms in total. The van der Waals surface area contributed by atoms with Gasteiger partial charge in [0.2, 0.25) is 0 Å². The van der Waals surface area contributed by atoms with Crippen LogP contribution in [0.15, 0.2) is 0 Å². The molecule has 0 radical (unpaired) electrons. The summed E-state index contributed by atoms with van der Waals surface area (Å²) < 4.78 is 0. The van der Waals surface area contributed by atoms with Gasteiger partial charge in [-0.25, -0.2) is 0 Å². The molecule has 0 heterocycles. The van der Waals surface area contributed by atoms with Gasteiger partial charge < -0.3 is 5.73 Å². The first kappa shape index (κ1) is 13.6. The zero-order chi connectivity index (χ0) is 14.0. The highest BCUT2D eigenvalue weighted by molar-refractivity contribution is 5.07. The Morgan fingerprint density at radius 2 is 1.70 bits per heavy atom. The third-order valence-electron chi connectivity index (χ3n) is 8.49. The van der Waals surface area contributed by atoms with Gasteiger partial charge in [0, 0.05) is 6.04 Å². The van der Waals surface area contributed by atoms with Crippen molar-refractivity contribution in [1.29, 1.82) is 0 Å². The van der Waals surface area contributed by atoms with E-state index < -0.39 is 0 Å². The highest BCUT2D eigenvalue weighted by Gasteiger charge is 2.57. The molecule has 4 aliphatic rings. The predicted molar refractivity (Wildman–Crippen MR) is 84.3 cm³/mol. The molecule has 4 fully saturated rings. The van der Waals surface area contributed by atoms with Crippen LogP contribution in [0.5, 0.6) is 0 Å². The largest absolute Gasteiger partial charge is 0.328 e. The fourth-order valence-electron chi connectivity index (χ4n) is 7.28. The van der Waals surface area contributed by atoms with E-state index in [0.29, 0.717) is 11.5 Å². The maximum absolute atomic E-state index is 6.28. The fourth-order valence-corrected chi connectivity index (χ4v) is 7.28. The molecule has 0 saturated heterocycles. The first-order chi connectivity index (χ1) is 9.53. The molecule has 4 aliphatic carbocycles. The lowest BCUT2D eigenvalue weighted by Gasteiger charge is -2.60. The van der Waals surface area contributed by atoms with Crippen molar-refractivity contribution in [3.05, 3.63) is 0 Å². The molecule has 114 valence electrons. The van der Waals surface area contributed by atoms with E-state index in [4.69, 9.17) is 5.73 Å². The number of hydrogen-bond donors (Lipinski definition) is 1.